The predicted molar refractivity (Wildman–Crippen MR) is 68.4 cm³/mol. The van der Waals surface area contributed by atoms with E-state index in [4.69, 9.17) is 16.9 Å². The first-order valence-electron chi connectivity index (χ1n) is 5.18. The summed E-state index contributed by atoms with van der Waals surface area (Å²) in [4.78, 5) is 5.59. The summed E-state index contributed by atoms with van der Waals surface area (Å²) in [6.45, 7) is 0. The predicted octanol–water partition coefficient (Wildman–Crippen LogP) is 3.51. The molecule has 1 aromatic heterocycles. The molecule has 1 heterocycles. The fraction of sp³-hybridized carbons (Fsp3) is 0.0769. The summed E-state index contributed by atoms with van der Waals surface area (Å²) in [5.74, 6) is -0.0268. The molecule has 0 radical (unpaired) electrons. The lowest BCUT2D eigenvalue weighted by atomic mass is 10.2. The molecule has 0 saturated carbocycles. The first-order chi connectivity index (χ1) is 8.65. The topological polar surface area (TPSA) is 39.9 Å². The highest BCUT2D eigenvalue weighted by Crippen LogP contribution is 2.31. The molecule has 18 heavy (non-hydrogen) atoms. The Hall–Kier alpha value is -2.12. The standard InChI is InChI=1S/C13H9ClFN3/c1-18(11-5-3-2-4-10(11)15)13-12(14)9(8-16)6-7-17-13/h2-7H,1H3. The quantitative estimate of drug-likeness (QED) is 0.830. The number of benzene rings is 1. The molecule has 0 N–H and O–H groups in total. The number of hydrogen-bond donors (Lipinski definition) is 0. The van der Waals surface area contributed by atoms with Crippen LogP contribution in [0, 0.1) is 17.1 Å². The molecule has 3 nitrogen and oxygen atoms in total. The largest absolute Gasteiger partial charge is 0.326 e. The third-order valence-electron chi connectivity index (χ3n) is 2.52. The van der Waals surface area contributed by atoms with E-state index in [9.17, 15) is 4.39 Å². The molecule has 0 bridgehead atoms. The van der Waals surface area contributed by atoms with Crippen LogP contribution in [0.15, 0.2) is 36.5 Å². The summed E-state index contributed by atoms with van der Waals surface area (Å²) in [5, 5.41) is 9.11. The van der Waals surface area contributed by atoms with Gasteiger partial charge in [0.1, 0.15) is 16.9 Å². The molecule has 0 aliphatic carbocycles. The molecule has 0 amide bonds. The molecule has 0 atom stereocenters. The van der Waals surface area contributed by atoms with Crippen molar-refractivity contribution in [2.75, 3.05) is 11.9 Å². The van der Waals surface area contributed by atoms with Gasteiger partial charge in [0.2, 0.25) is 0 Å². The van der Waals surface area contributed by atoms with Crippen LogP contribution in [0.5, 0.6) is 0 Å². The number of nitrogens with zero attached hydrogens (tertiary/aromatic N) is 3. The normalized spacial score (nSPS) is 9.89. The second-order valence-corrected chi connectivity index (χ2v) is 4.00. The van der Waals surface area contributed by atoms with Crippen molar-refractivity contribution in [3.63, 3.8) is 0 Å². The number of rotatable bonds is 2. The average Bonchev–Trinajstić information content (AvgIpc) is 2.39. The lowest BCUT2D eigenvalue weighted by molar-refractivity contribution is 0.627. The molecule has 0 aliphatic heterocycles. The van der Waals surface area contributed by atoms with Gasteiger partial charge in [-0.3, -0.25) is 0 Å². The first kappa shape index (κ1) is 12.3. The minimum Gasteiger partial charge on any atom is -0.326 e. The van der Waals surface area contributed by atoms with Gasteiger partial charge in [-0.15, -0.1) is 0 Å². The lowest BCUT2D eigenvalue weighted by Crippen LogP contribution is -2.13. The molecule has 2 aromatic rings. The minimum atomic E-state index is -0.375. The summed E-state index contributed by atoms with van der Waals surface area (Å²) in [6.07, 6.45) is 1.47. The van der Waals surface area contributed by atoms with Gasteiger partial charge in [-0.25, -0.2) is 9.37 Å². The lowest BCUT2D eigenvalue weighted by Gasteiger charge is -2.20. The Morgan fingerprint density at radius 2 is 2.06 bits per heavy atom. The van der Waals surface area contributed by atoms with Crippen LogP contribution in [0.2, 0.25) is 5.02 Å². The van der Waals surface area contributed by atoms with Crippen LogP contribution in [-0.2, 0) is 0 Å². The molecule has 1 aromatic carbocycles. The highest BCUT2D eigenvalue weighted by molar-refractivity contribution is 6.34. The van der Waals surface area contributed by atoms with E-state index in [0.29, 0.717) is 17.1 Å². The number of hydrogen-bond acceptors (Lipinski definition) is 3. The van der Waals surface area contributed by atoms with Gasteiger partial charge in [-0.2, -0.15) is 5.26 Å². The molecule has 0 fully saturated rings. The highest BCUT2D eigenvalue weighted by atomic mass is 35.5. The van der Waals surface area contributed by atoms with Crippen LogP contribution in [0.4, 0.5) is 15.9 Å². The zero-order chi connectivity index (χ0) is 13.1. The zero-order valence-electron chi connectivity index (χ0n) is 9.56. The number of para-hydroxylation sites is 1. The second kappa shape index (κ2) is 5.03. The van der Waals surface area contributed by atoms with E-state index < -0.39 is 0 Å². The SMILES string of the molecule is CN(c1ccccc1F)c1nccc(C#N)c1Cl. The zero-order valence-corrected chi connectivity index (χ0v) is 10.3. The molecule has 0 spiro atoms. The Kier molecular flexibility index (Phi) is 3.45. The van der Waals surface area contributed by atoms with E-state index in [1.165, 1.54) is 23.2 Å². The summed E-state index contributed by atoms with van der Waals surface area (Å²) in [6, 6.07) is 9.78. The maximum atomic E-state index is 13.7. The summed E-state index contributed by atoms with van der Waals surface area (Å²) in [5.41, 5.74) is 0.659. The van der Waals surface area contributed by atoms with Crippen LogP contribution in [0.1, 0.15) is 5.56 Å². The monoisotopic (exact) mass is 261 g/mol. The van der Waals surface area contributed by atoms with Crippen molar-refractivity contribution in [3.05, 3.63) is 52.9 Å². The van der Waals surface area contributed by atoms with Crippen LogP contribution in [0.3, 0.4) is 0 Å². The van der Waals surface area contributed by atoms with Crippen LogP contribution >= 0.6 is 11.6 Å². The first-order valence-corrected chi connectivity index (χ1v) is 5.56. The van der Waals surface area contributed by atoms with Crippen molar-refractivity contribution >= 4 is 23.1 Å². The smallest absolute Gasteiger partial charge is 0.152 e. The molecule has 0 unspecified atom stereocenters. The van der Waals surface area contributed by atoms with Gasteiger partial charge in [0.25, 0.3) is 0 Å². The van der Waals surface area contributed by atoms with Gasteiger partial charge in [0.15, 0.2) is 5.82 Å². The van der Waals surface area contributed by atoms with E-state index in [1.54, 1.807) is 25.2 Å². The highest BCUT2D eigenvalue weighted by Gasteiger charge is 2.15. The Labute approximate surface area is 109 Å². The number of aromatic nitrogens is 1. The maximum absolute atomic E-state index is 13.7. The molecule has 0 saturated heterocycles. The third kappa shape index (κ3) is 2.13. The molecule has 5 heteroatoms. The summed E-state index contributed by atoms with van der Waals surface area (Å²) < 4.78 is 13.7. The van der Waals surface area contributed by atoms with Crippen LogP contribution < -0.4 is 4.90 Å². The average molecular weight is 262 g/mol. The van der Waals surface area contributed by atoms with Gasteiger partial charge < -0.3 is 4.90 Å². The Morgan fingerprint density at radius 3 is 2.72 bits per heavy atom. The van der Waals surface area contributed by atoms with E-state index in [-0.39, 0.29) is 10.8 Å². The molecule has 90 valence electrons. The van der Waals surface area contributed by atoms with Crippen molar-refractivity contribution in [2.24, 2.45) is 0 Å². The van der Waals surface area contributed by atoms with Gasteiger partial charge in [0.05, 0.1) is 11.3 Å². The van der Waals surface area contributed by atoms with Crippen molar-refractivity contribution in [3.8, 4) is 6.07 Å². The van der Waals surface area contributed by atoms with Crippen molar-refractivity contribution in [2.45, 2.75) is 0 Å². The number of pyridine rings is 1. The molecule has 2 rings (SSSR count). The van der Waals surface area contributed by atoms with Gasteiger partial charge in [-0.1, -0.05) is 23.7 Å². The van der Waals surface area contributed by atoms with Gasteiger partial charge >= 0.3 is 0 Å². The van der Waals surface area contributed by atoms with Crippen LogP contribution in [0.25, 0.3) is 0 Å². The second-order valence-electron chi connectivity index (χ2n) is 3.62. The van der Waals surface area contributed by atoms with Gasteiger partial charge in [-0.05, 0) is 18.2 Å². The van der Waals surface area contributed by atoms with Crippen molar-refractivity contribution in [1.29, 1.82) is 5.26 Å². The number of nitriles is 1. The fourth-order valence-corrected chi connectivity index (χ4v) is 1.87. The van der Waals surface area contributed by atoms with Gasteiger partial charge in [0, 0.05) is 13.2 Å². The fourth-order valence-electron chi connectivity index (χ4n) is 1.59. The number of anilines is 2. The molecular formula is C13H9ClFN3. The summed E-state index contributed by atoms with van der Waals surface area (Å²) >= 11 is 6.06. The summed E-state index contributed by atoms with van der Waals surface area (Å²) in [7, 11) is 1.65. The maximum Gasteiger partial charge on any atom is 0.152 e. The number of halogens is 2. The van der Waals surface area contributed by atoms with E-state index in [1.807, 2.05) is 6.07 Å². The third-order valence-corrected chi connectivity index (χ3v) is 2.90. The Morgan fingerprint density at radius 1 is 1.33 bits per heavy atom. The van der Waals surface area contributed by atoms with E-state index >= 15 is 0 Å². The molecular weight excluding hydrogens is 253 g/mol. The Bertz CT molecular complexity index is 622. The minimum absolute atomic E-state index is 0.214. The van der Waals surface area contributed by atoms with Crippen LogP contribution in [-0.4, -0.2) is 12.0 Å². The Balaban J connectivity index is 2.51. The van der Waals surface area contributed by atoms with Crippen molar-refractivity contribution in [1.82, 2.24) is 4.98 Å². The molecule has 0 aliphatic rings. The van der Waals surface area contributed by atoms with Crippen molar-refractivity contribution < 1.29 is 4.39 Å². The van der Waals surface area contributed by atoms with E-state index in [2.05, 4.69) is 4.98 Å². The van der Waals surface area contributed by atoms with E-state index in [0.717, 1.165) is 0 Å².